The summed E-state index contributed by atoms with van der Waals surface area (Å²) in [7, 11) is 0. The molecule has 0 aliphatic rings. The summed E-state index contributed by atoms with van der Waals surface area (Å²) in [5, 5.41) is 6.84. The van der Waals surface area contributed by atoms with E-state index in [2.05, 4.69) is 28.2 Å². The van der Waals surface area contributed by atoms with Crippen LogP contribution in [0.1, 0.15) is 16.7 Å². The summed E-state index contributed by atoms with van der Waals surface area (Å²) in [6.45, 7) is 0.126. The number of ether oxygens (including phenoxy) is 1. The highest BCUT2D eigenvalue weighted by molar-refractivity contribution is 7.80. The highest BCUT2D eigenvalue weighted by Gasteiger charge is 2.25. The van der Waals surface area contributed by atoms with E-state index in [1.54, 1.807) is 0 Å². The third-order valence-electron chi connectivity index (χ3n) is 5.81. The molecule has 0 bridgehead atoms. The lowest BCUT2D eigenvalue weighted by atomic mass is 10.0. The molecule has 0 saturated carbocycles. The predicted octanol–water partition coefficient (Wildman–Crippen LogP) is 4.66. The van der Waals surface area contributed by atoms with Gasteiger partial charge < -0.3 is 20.4 Å². The molecule has 35 heavy (non-hydrogen) atoms. The smallest absolute Gasteiger partial charge is 0.408 e. The monoisotopic (exact) mass is 487 g/mol. The molecule has 180 valence electrons. The summed E-state index contributed by atoms with van der Waals surface area (Å²) < 4.78 is 5.39. The number of aromatic nitrogens is 1. The number of hydrogen-bond donors (Lipinski definition) is 4. The van der Waals surface area contributed by atoms with Crippen molar-refractivity contribution in [1.29, 1.82) is 0 Å². The minimum absolute atomic E-state index is 0.126. The van der Waals surface area contributed by atoms with Crippen LogP contribution >= 0.6 is 12.6 Å². The van der Waals surface area contributed by atoms with E-state index in [4.69, 9.17) is 4.74 Å². The molecule has 1 aromatic heterocycles. The van der Waals surface area contributed by atoms with Crippen LogP contribution in [0.3, 0.4) is 0 Å². The van der Waals surface area contributed by atoms with Crippen LogP contribution in [0.2, 0.25) is 0 Å². The maximum absolute atomic E-state index is 13.3. The third kappa shape index (κ3) is 6.90. The van der Waals surface area contributed by atoms with E-state index in [1.165, 1.54) is 0 Å². The Labute approximate surface area is 210 Å². The molecule has 0 fully saturated rings. The zero-order chi connectivity index (χ0) is 24.5. The van der Waals surface area contributed by atoms with Crippen molar-refractivity contribution in [3.05, 3.63) is 108 Å². The average molecular weight is 488 g/mol. The van der Waals surface area contributed by atoms with Crippen molar-refractivity contribution < 1.29 is 14.3 Å². The Morgan fingerprint density at radius 3 is 2.20 bits per heavy atom. The number of hydrogen-bond acceptors (Lipinski definition) is 4. The van der Waals surface area contributed by atoms with E-state index in [9.17, 15) is 9.59 Å². The molecule has 2 amide bonds. The van der Waals surface area contributed by atoms with Crippen molar-refractivity contribution in [3.8, 4) is 0 Å². The van der Waals surface area contributed by atoms with Crippen molar-refractivity contribution in [3.63, 3.8) is 0 Å². The maximum atomic E-state index is 13.3. The maximum Gasteiger partial charge on any atom is 0.408 e. The number of H-pyrrole nitrogens is 1. The highest BCUT2D eigenvalue weighted by atomic mass is 32.1. The molecule has 7 heteroatoms. The van der Waals surface area contributed by atoms with Crippen molar-refractivity contribution in [2.24, 2.45) is 0 Å². The molecule has 0 aliphatic heterocycles. The van der Waals surface area contributed by atoms with E-state index in [1.807, 2.05) is 91.1 Å². The van der Waals surface area contributed by atoms with Gasteiger partial charge in [0.1, 0.15) is 12.6 Å². The number of carbonyl (C=O) groups excluding carboxylic acids is 2. The number of alkyl carbamates (subject to hydrolysis) is 1. The first-order valence-electron chi connectivity index (χ1n) is 11.6. The third-order valence-corrected chi connectivity index (χ3v) is 6.25. The number of fused-ring (bicyclic) bond motifs is 1. The van der Waals surface area contributed by atoms with Crippen molar-refractivity contribution >= 4 is 35.5 Å². The van der Waals surface area contributed by atoms with Gasteiger partial charge in [0, 0.05) is 35.3 Å². The molecule has 0 spiro atoms. The van der Waals surface area contributed by atoms with Crippen molar-refractivity contribution in [2.75, 3.05) is 5.75 Å². The van der Waals surface area contributed by atoms with Gasteiger partial charge in [0.2, 0.25) is 5.91 Å². The molecule has 3 N–H and O–H groups in total. The number of benzene rings is 3. The molecule has 0 saturated heterocycles. The largest absolute Gasteiger partial charge is 0.445 e. The fraction of sp³-hybridized carbons (Fsp3) is 0.214. The van der Waals surface area contributed by atoms with Gasteiger partial charge in [-0.1, -0.05) is 78.9 Å². The number of carbonyl (C=O) groups is 2. The number of aromatic amines is 1. The topological polar surface area (TPSA) is 83.2 Å². The average Bonchev–Trinajstić information content (AvgIpc) is 3.30. The van der Waals surface area contributed by atoms with Gasteiger partial charge in [-0.2, -0.15) is 12.6 Å². The van der Waals surface area contributed by atoms with Gasteiger partial charge in [0.05, 0.1) is 0 Å². The molecule has 6 nitrogen and oxygen atoms in total. The zero-order valence-electron chi connectivity index (χ0n) is 19.3. The fourth-order valence-electron chi connectivity index (χ4n) is 4.00. The fourth-order valence-corrected chi connectivity index (χ4v) is 4.22. The van der Waals surface area contributed by atoms with E-state index in [0.717, 1.165) is 27.6 Å². The van der Waals surface area contributed by atoms with E-state index in [0.29, 0.717) is 18.6 Å². The van der Waals surface area contributed by atoms with Gasteiger partial charge in [-0.25, -0.2) is 4.79 Å². The molecule has 2 unspecified atom stereocenters. The lowest BCUT2D eigenvalue weighted by molar-refractivity contribution is -0.123. The van der Waals surface area contributed by atoms with Crippen LogP contribution in [-0.2, 0) is 29.0 Å². The predicted molar refractivity (Wildman–Crippen MR) is 141 cm³/mol. The number of amides is 2. The van der Waals surface area contributed by atoms with Crippen LogP contribution in [-0.4, -0.2) is 34.8 Å². The van der Waals surface area contributed by atoms with E-state index >= 15 is 0 Å². The van der Waals surface area contributed by atoms with Crippen molar-refractivity contribution in [1.82, 2.24) is 15.6 Å². The van der Waals surface area contributed by atoms with Gasteiger partial charge in [-0.15, -0.1) is 0 Å². The Balaban J connectivity index is 1.47. The standard InChI is InChI=1S/C28H29N3O3S/c32-27(30-23(19-35)15-20-9-3-1-4-10-20)26(16-22-17-29-25-14-8-7-13-24(22)25)31-28(33)34-18-21-11-5-2-6-12-21/h1-14,17,23,26,29,35H,15-16,18-19H2,(H,30,32)(H,31,33). The molecule has 1 heterocycles. The van der Waals surface area contributed by atoms with Gasteiger partial charge in [-0.3, -0.25) is 4.79 Å². The quantitative estimate of drug-likeness (QED) is 0.246. The SMILES string of the molecule is O=C(NC(Cc1c[nH]c2ccccc12)C(=O)NC(CS)Cc1ccccc1)OCc1ccccc1. The van der Waals surface area contributed by atoms with Crippen LogP contribution in [0.5, 0.6) is 0 Å². The van der Waals surface area contributed by atoms with Gasteiger partial charge in [-0.05, 0) is 29.2 Å². The van der Waals surface area contributed by atoms with Crippen LogP contribution in [0.4, 0.5) is 4.79 Å². The first kappa shape index (κ1) is 24.4. The molecular formula is C28H29N3O3S. The molecule has 4 rings (SSSR count). The lowest BCUT2D eigenvalue weighted by Gasteiger charge is -2.22. The van der Waals surface area contributed by atoms with Crippen LogP contribution in [0, 0.1) is 0 Å². The minimum atomic E-state index is -0.810. The highest BCUT2D eigenvalue weighted by Crippen LogP contribution is 2.19. The summed E-state index contributed by atoms with van der Waals surface area (Å²) in [6.07, 6.45) is 2.20. The van der Waals surface area contributed by atoms with Crippen LogP contribution in [0.25, 0.3) is 10.9 Å². The Hall–Kier alpha value is -3.71. The second kappa shape index (κ2) is 12.1. The number of nitrogens with one attached hydrogen (secondary N) is 3. The Morgan fingerprint density at radius 1 is 0.829 bits per heavy atom. The summed E-state index contributed by atoms with van der Waals surface area (Å²) in [5.41, 5.74) is 3.90. The van der Waals surface area contributed by atoms with Gasteiger partial charge in [0.15, 0.2) is 0 Å². The Bertz CT molecular complexity index is 1240. The molecule has 0 radical (unpaired) electrons. The first-order valence-corrected chi connectivity index (χ1v) is 12.2. The molecule has 3 aromatic carbocycles. The molecule has 0 aliphatic carbocycles. The number of para-hydroxylation sites is 1. The second-order valence-electron chi connectivity index (χ2n) is 8.40. The normalized spacial score (nSPS) is 12.6. The van der Waals surface area contributed by atoms with Gasteiger partial charge in [0.25, 0.3) is 0 Å². The first-order chi connectivity index (χ1) is 17.1. The molecular weight excluding hydrogens is 458 g/mol. The summed E-state index contributed by atoms with van der Waals surface area (Å²) >= 11 is 4.44. The minimum Gasteiger partial charge on any atom is -0.445 e. The Kier molecular flexibility index (Phi) is 8.46. The van der Waals surface area contributed by atoms with Gasteiger partial charge >= 0.3 is 6.09 Å². The summed E-state index contributed by atoms with van der Waals surface area (Å²) in [6, 6.07) is 26.2. The summed E-state index contributed by atoms with van der Waals surface area (Å²) in [4.78, 5) is 29.2. The van der Waals surface area contributed by atoms with E-state index < -0.39 is 12.1 Å². The zero-order valence-corrected chi connectivity index (χ0v) is 20.2. The Morgan fingerprint density at radius 2 is 1.49 bits per heavy atom. The number of rotatable bonds is 10. The number of thiol groups is 1. The van der Waals surface area contributed by atoms with Crippen LogP contribution in [0.15, 0.2) is 91.1 Å². The van der Waals surface area contributed by atoms with Crippen molar-refractivity contribution in [2.45, 2.75) is 31.5 Å². The lowest BCUT2D eigenvalue weighted by Crippen LogP contribution is -2.51. The summed E-state index contributed by atoms with van der Waals surface area (Å²) in [5.74, 6) is 0.195. The molecule has 4 aromatic rings. The molecule has 2 atom stereocenters. The van der Waals surface area contributed by atoms with Crippen LogP contribution < -0.4 is 10.6 Å². The van der Waals surface area contributed by atoms with E-state index in [-0.39, 0.29) is 18.6 Å². The second-order valence-corrected chi connectivity index (χ2v) is 8.77.